The van der Waals surface area contributed by atoms with Gasteiger partial charge in [0.05, 0.1) is 5.69 Å². The summed E-state index contributed by atoms with van der Waals surface area (Å²) in [6, 6.07) is 13.6. The Morgan fingerprint density at radius 2 is 1.81 bits per heavy atom. The zero-order valence-electron chi connectivity index (χ0n) is 13.0. The number of nitrogens with zero attached hydrogens (tertiary/aromatic N) is 1. The molecule has 7 nitrogen and oxygen atoms in total. The van der Waals surface area contributed by atoms with Gasteiger partial charge in [0.2, 0.25) is 0 Å². The van der Waals surface area contributed by atoms with E-state index in [0.29, 0.717) is 10.8 Å². The highest BCUT2D eigenvalue weighted by Gasteiger charge is 2.19. The van der Waals surface area contributed by atoms with Crippen molar-refractivity contribution in [2.75, 3.05) is 0 Å². The van der Waals surface area contributed by atoms with Crippen molar-refractivity contribution in [3.05, 3.63) is 64.6 Å². The minimum absolute atomic E-state index is 0.0750. The quantitative estimate of drug-likeness (QED) is 0.368. The van der Waals surface area contributed by atoms with Crippen molar-refractivity contribution < 1.29 is 29.1 Å². The molecule has 0 aromatic heterocycles. The van der Waals surface area contributed by atoms with Gasteiger partial charge in [-0.05, 0) is 47.0 Å². The summed E-state index contributed by atoms with van der Waals surface area (Å²) in [6.45, 7) is 0. The first-order valence-electron chi connectivity index (χ1n) is 7.23. The van der Waals surface area contributed by atoms with E-state index in [4.69, 9.17) is 9.79 Å². The van der Waals surface area contributed by atoms with E-state index in [1.54, 1.807) is 24.3 Å². The van der Waals surface area contributed by atoms with Crippen LogP contribution in [0.4, 0.5) is 5.69 Å². The number of hydrogen-bond acceptors (Lipinski definition) is 5. The Morgan fingerprint density at radius 1 is 1.08 bits per heavy atom. The predicted molar refractivity (Wildman–Crippen MR) is 96.4 cm³/mol. The molecule has 0 aliphatic carbocycles. The molecule has 0 atom stereocenters. The second-order valence-corrected chi connectivity index (χ2v) is 7.39. The number of fused-ring (bicyclic) bond motifs is 1. The molecule has 0 saturated carbocycles. The molecule has 0 amide bonds. The second-order valence-electron chi connectivity index (χ2n) is 5.31. The first-order valence-corrected chi connectivity index (χ1v) is 9.56. The fourth-order valence-electron chi connectivity index (χ4n) is 2.34. The molecule has 0 bridgehead atoms. The van der Waals surface area contributed by atoms with Gasteiger partial charge in [0.15, 0.2) is 0 Å². The van der Waals surface area contributed by atoms with Gasteiger partial charge in [-0.25, -0.2) is 4.57 Å². The smallest absolute Gasteiger partial charge is 0.524 e. The van der Waals surface area contributed by atoms with Crippen molar-refractivity contribution in [1.29, 1.82) is 0 Å². The maximum atomic E-state index is 12.6. The first-order chi connectivity index (χ1) is 12.2. The largest absolute Gasteiger partial charge is 0.871 e. The van der Waals surface area contributed by atoms with Crippen LogP contribution in [-0.2, 0) is 4.57 Å². The van der Waals surface area contributed by atoms with Gasteiger partial charge in [-0.1, -0.05) is 45.9 Å². The van der Waals surface area contributed by atoms with Gasteiger partial charge in [-0.15, -0.1) is 0 Å². The Balaban J connectivity index is 2.19. The summed E-state index contributed by atoms with van der Waals surface area (Å²) in [6.07, 6.45) is 0. The lowest BCUT2D eigenvalue weighted by molar-refractivity contribution is -0.267. The molecule has 134 valence electrons. The van der Waals surface area contributed by atoms with Crippen LogP contribution in [0.25, 0.3) is 10.8 Å². The van der Waals surface area contributed by atoms with E-state index in [1.807, 2.05) is 0 Å². The Morgan fingerprint density at radius 3 is 2.50 bits per heavy atom. The highest BCUT2D eigenvalue weighted by molar-refractivity contribution is 9.10. The van der Waals surface area contributed by atoms with Crippen LogP contribution in [0.15, 0.2) is 64.1 Å². The average molecular weight is 436 g/mol. The van der Waals surface area contributed by atoms with Crippen LogP contribution in [0.2, 0.25) is 0 Å². The maximum Gasteiger partial charge on any atom is 0.524 e. The molecule has 2 N–H and O–H groups in total. The SMILES string of the molecule is O=P(O)(O)Oc1cc2ccc(Br)cc2cc1C([O-])=Nc1ccccc1[O-]. The van der Waals surface area contributed by atoms with Gasteiger partial charge >= 0.3 is 7.82 Å². The zero-order chi connectivity index (χ0) is 18.9. The van der Waals surface area contributed by atoms with E-state index in [-0.39, 0.29) is 17.0 Å². The Hall–Kier alpha value is -2.38. The number of para-hydroxylation sites is 2. The third kappa shape index (κ3) is 4.23. The maximum absolute atomic E-state index is 12.6. The molecule has 0 aliphatic rings. The zero-order valence-corrected chi connectivity index (χ0v) is 15.5. The molecule has 0 radical (unpaired) electrons. The first kappa shape index (κ1) is 18.4. The number of benzene rings is 3. The van der Waals surface area contributed by atoms with Crippen LogP contribution >= 0.6 is 23.8 Å². The van der Waals surface area contributed by atoms with Crippen molar-refractivity contribution in [3.63, 3.8) is 0 Å². The molecule has 3 aromatic rings. The Kier molecular flexibility index (Phi) is 5.02. The molecule has 9 heteroatoms. The summed E-state index contributed by atoms with van der Waals surface area (Å²) in [7, 11) is -4.90. The van der Waals surface area contributed by atoms with Gasteiger partial charge in [0.1, 0.15) is 5.75 Å². The fourth-order valence-corrected chi connectivity index (χ4v) is 3.12. The molecular weight excluding hydrogens is 425 g/mol. The molecule has 0 aliphatic heterocycles. The highest BCUT2D eigenvalue weighted by atomic mass is 79.9. The van der Waals surface area contributed by atoms with E-state index in [9.17, 15) is 14.8 Å². The van der Waals surface area contributed by atoms with Crippen LogP contribution in [0, 0.1) is 0 Å². The standard InChI is InChI=1S/C17H13BrNO6P/c18-12-6-5-10-9-16(25-26(22,23)24)13(8-11(10)7-12)17(21)19-14-3-1-2-4-15(14)20/h1-9,20H,(H,19,21)(H2,22,23,24)/p-2. The van der Waals surface area contributed by atoms with E-state index in [1.165, 1.54) is 30.3 Å². The monoisotopic (exact) mass is 435 g/mol. The summed E-state index contributed by atoms with van der Waals surface area (Å²) in [5.41, 5.74) is -0.240. The molecule has 0 unspecified atom stereocenters. The molecule has 26 heavy (non-hydrogen) atoms. The van der Waals surface area contributed by atoms with Gasteiger partial charge in [0, 0.05) is 10.0 Å². The third-order valence-electron chi connectivity index (χ3n) is 3.44. The average Bonchev–Trinajstić information content (AvgIpc) is 2.55. The van der Waals surface area contributed by atoms with E-state index >= 15 is 0 Å². The Bertz CT molecular complexity index is 1060. The lowest BCUT2D eigenvalue weighted by Crippen LogP contribution is -2.19. The van der Waals surface area contributed by atoms with Crippen LogP contribution < -0.4 is 14.7 Å². The predicted octanol–water partition coefficient (Wildman–Crippen LogP) is 2.59. The van der Waals surface area contributed by atoms with Crippen molar-refractivity contribution in [2.24, 2.45) is 4.99 Å². The molecule has 3 rings (SSSR count). The summed E-state index contributed by atoms with van der Waals surface area (Å²) in [4.78, 5) is 22.0. The molecule has 0 fully saturated rings. The molecule has 0 saturated heterocycles. The van der Waals surface area contributed by atoms with Gasteiger partial charge < -0.3 is 14.7 Å². The van der Waals surface area contributed by atoms with Crippen LogP contribution in [0.3, 0.4) is 0 Å². The molecule has 0 heterocycles. The summed E-state index contributed by atoms with van der Waals surface area (Å²) in [5, 5.41) is 25.5. The van der Waals surface area contributed by atoms with Crippen molar-refractivity contribution in [2.45, 2.75) is 0 Å². The third-order valence-corrected chi connectivity index (χ3v) is 4.36. The van der Waals surface area contributed by atoms with Crippen LogP contribution in [-0.4, -0.2) is 15.7 Å². The number of aliphatic imine (C=N–C) groups is 1. The number of hydrogen-bond donors (Lipinski definition) is 2. The van der Waals surface area contributed by atoms with Crippen LogP contribution in [0.5, 0.6) is 11.5 Å². The molecular formula is C17H11BrNO6P-2. The topological polar surface area (TPSA) is 125 Å². The van der Waals surface area contributed by atoms with Gasteiger partial charge in [-0.2, -0.15) is 0 Å². The lowest BCUT2D eigenvalue weighted by atomic mass is 10.1. The number of halogens is 1. The highest BCUT2D eigenvalue weighted by Crippen LogP contribution is 2.41. The lowest BCUT2D eigenvalue weighted by Gasteiger charge is -2.19. The molecule has 3 aromatic carbocycles. The number of phosphoric acid groups is 1. The molecule has 0 spiro atoms. The van der Waals surface area contributed by atoms with E-state index in [2.05, 4.69) is 25.4 Å². The summed E-state index contributed by atoms with van der Waals surface area (Å²) in [5.74, 6) is -1.61. The minimum Gasteiger partial charge on any atom is -0.871 e. The van der Waals surface area contributed by atoms with Crippen molar-refractivity contribution >= 4 is 46.1 Å². The van der Waals surface area contributed by atoms with Crippen molar-refractivity contribution in [3.8, 4) is 11.5 Å². The normalized spacial score (nSPS) is 12.3. The summed E-state index contributed by atoms with van der Waals surface area (Å²) < 4.78 is 16.7. The second kappa shape index (κ2) is 7.09. The summed E-state index contributed by atoms with van der Waals surface area (Å²) >= 11 is 3.32. The number of rotatable bonds is 4. The van der Waals surface area contributed by atoms with Crippen molar-refractivity contribution in [1.82, 2.24) is 0 Å². The van der Waals surface area contributed by atoms with E-state index in [0.717, 1.165) is 4.47 Å². The van der Waals surface area contributed by atoms with E-state index < -0.39 is 19.5 Å². The van der Waals surface area contributed by atoms with Gasteiger partial charge in [-0.3, -0.25) is 14.8 Å². The fraction of sp³-hybridized carbons (Fsp3) is 0. The van der Waals surface area contributed by atoms with Gasteiger partial charge in [0.25, 0.3) is 0 Å². The van der Waals surface area contributed by atoms with Crippen LogP contribution in [0.1, 0.15) is 5.56 Å². The Labute approximate surface area is 156 Å². The minimum atomic E-state index is -4.90. The number of phosphoric ester groups is 1.